The van der Waals surface area contributed by atoms with E-state index in [9.17, 15) is 4.79 Å². The molecule has 18 heavy (non-hydrogen) atoms. The van der Waals surface area contributed by atoms with Gasteiger partial charge in [-0.2, -0.15) is 5.26 Å². The summed E-state index contributed by atoms with van der Waals surface area (Å²) in [6.45, 7) is 3.37. The van der Waals surface area contributed by atoms with Crippen molar-refractivity contribution in [3.05, 3.63) is 23.8 Å². The molecule has 0 unspecified atom stereocenters. The molecule has 0 aliphatic carbocycles. The molecule has 0 atom stereocenters. The Morgan fingerprint density at radius 1 is 1.50 bits per heavy atom. The molecule has 94 valence electrons. The topological polar surface area (TPSA) is 77.3 Å². The van der Waals surface area contributed by atoms with Crippen LogP contribution < -0.4 is 10.6 Å². The van der Waals surface area contributed by atoms with Gasteiger partial charge in [0.1, 0.15) is 0 Å². The third-order valence-electron chi connectivity index (χ3n) is 2.11. The number of nitrogens with one attached hydrogen (secondary N) is 2. The summed E-state index contributed by atoms with van der Waals surface area (Å²) in [5, 5.41) is 14.3. The minimum absolute atomic E-state index is 0.131. The van der Waals surface area contributed by atoms with Gasteiger partial charge in [0, 0.05) is 12.6 Å². The number of nitriles is 1. The molecular formula is C12H14N4OS. The molecule has 2 N–H and O–H groups in total. The van der Waals surface area contributed by atoms with Crippen LogP contribution in [0.5, 0.6) is 0 Å². The van der Waals surface area contributed by atoms with Crippen molar-refractivity contribution in [1.82, 2.24) is 5.32 Å². The fraction of sp³-hybridized carbons (Fsp3) is 0.250. The van der Waals surface area contributed by atoms with Gasteiger partial charge in [-0.25, -0.2) is 4.99 Å². The molecular weight excluding hydrogens is 248 g/mol. The quantitative estimate of drug-likeness (QED) is 0.371. The van der Waals surface area contributed by atoms with E-state index < -0.39 is 0 Å². The fourth-order valence-corrected chi connectivity index (χ4v) is 1.63. The Labute approximate surface area is 110 Å². The molecule has 0 aromatic heterocycles. The molecule has 1 aromatic carbocycles. The number of carbonyl (C=O) groups excluding carboxylic acids is 1. The number of amides is 1. The SMILES string of the molecule is CSC(=Nc1cc(NC(C)=O)ccc1C)NC#N. The van der Waals surface area contributed by atoms with Crippen LogP contribution >= 0.6 is 11.8 Å². The Balaban J connectivity index is 3.07. The van der Waals surface area contributed by atoms with Crippen molar-refractivity contribution >= 4 is 34.2 Å². The first-order valence-corrected chi connectivity index (χ1v) is 6.45. The van der Waals surface area contributed by atoms with Gasteiger partial charge in [0.05, 0.1) is 5.69 Å². The molecule has 0 saturated carbocycles. The molecule has 0 fully saturated rings. The van der Waals surface area contributed by atoms with Crippen LogP contribution in [0.4, 0.5) is 11.4 Å². The van der Waals surface area contributed by atoms with E-state index in [2.05, 4.69) is 15.6 Å². The van der Waals surface area contributed by atoms with Gasteiger partial charge in [-0.05, 0) is 30.9 Å². The van der Waals surface area contributed by atoms with Gasteiger partial charge in [0.15, 0.2) is 11.4 Å². The smallest absolute Gasteiger partial charge is 0.221 e. The summed E-state index contributed by atoms with van der Waals surface area (Å²) < 4.78 is 0. The van der Waals surface area contributed by atoms with Crippen LogP contribution in [-0.2, 0) is 4.79 Å². The number of thioether (sulfide) groups is 1. The second kappa shape index (κ2) is 6.67. The van der Waals surface area contributed by atoms with Crippen molar-refractivity contribution in [3.8, 4) is 6.19 Å². The number of aryl methyl sites for hydroxylation is 1. The summed E-state index contributed by atoms with van der Waals surface area (Å²) in [4.78, 5) is 15.3. The number of carbonyl (C=O) groups is 1. The van der Waals surface area contributed by atoms with Crippen LogP contribution in [0.3, 0.4) is 0 Å². The lowest BCUT2D eigenvalue weighted by molar-refractivity contribution is -0.114. The second-order valence-electron chi connectivity index (χ2n) is 3.54. The maximum absolute atomic E-state index is 11.0. The van der Waals surface area contributed by atoms with E-state index in [1.807, 2.05) is 31.5 Å². The molecule has 0 aliphatic heterocycles. The first-order chi connectivity index (χ1) is 8.56. The van der Waals surface area contributed by atoms with Crippen LogP contribution in [0.1, 0.15) is 12.5 Å². The summed E-state index contributed by atoms with van der Waals surface area (Å²) in [5.41, 5.74) is 2.37. The lowest BCUT2D eigenvalue weighted by Gasteiger charge is -2.07. The number of nitrogens with zero attached hydrogens (tertiary/aromatic N) is 2. The number of benzene rings is 1. The first kappa shape index (κ1) is 14.1. The molecule has 5 nitrogen and oxygen atoms in total. The molecule has 1 aromatic rings. The Kier molecular flexibility index (Phi) is 5.21. The number of anilines is 1. The van der Waals surface area contributed by atoms with Crippen LogP contribution in [0.15, 0.2) is 23.2 Å². The number of hydrogen-bond donors (Lipinski definition) is 2. The van der Waals surface area contributed by atoms with Crippen molar-refractivity contribution in [2.75, 3.05) is 11.6 Å². The summed E-state index contributed by atoms with van der Waals surface area (Å²) >= 11 is 1.35. The van der Waals surface area contributed by atoms with Crippen LogP contribution in [0, 0.1) is 18.4 Å². The number of hydrogen-bond acceptors (Lipinski definition) is 4. The van der Waals surface area contributed by atoms with Crippen LogP contribution in [-0.4, -0.2) is 17.3 Å². The van der Waals surface area contributed by atoms with Crippen molar-refractivity contribution < 1.29 is 4.79 Å². The highest BCUT2D eigenvalue weighted by Crippen LogP contribution is 2.24. The lowest BCUT2D eigenvalue weighted by Crippen LogP contribution is -2.12. The van der Waals surface area contributed by atoms with Gasteiger partial charge in [-0.3, -0.25) is 10.1 Å². The molecule has 0 radical (unpaired) electrons. The van der Waals surface area contributed by atoms with Crippen LogP contribution in [0.25, 0.3) is 0 Å². The van der Waals surface area contributed by atoms with Gasteiger partial charge in [-0.15, -0.1) is 0 Å². The van der Waals surface area contributed by atoms with Crippen molar-refractivity contribution in [2.45, 2.75) is 13.8 Å². The van der Waals surface area contributed by atoms with Gasteiger partial charge in [0.2, 0.25) is 5.91 Å². The van der Waals surface area contributed by atoms with Crippen LogP contribution in [0.2, 0.25) is 0 Å². The largest absolute Gasteiger partial charge is 0.326 e. The highest BCUT2D eigenvalue weighted by Gasteiger charge is 2.03. The Bertz CT molecular complexity index is 519. The molecule has 0 aliphatic rings. The van der Waals surface area contributed by atoms with Gasteiger partial charge in [0.25, 0.3) is 0 Å². The Hall–Kier alpha value is -2.00. The molecule has 1 amide bonds. The van der Waals surface area contributed by atoms with E-state index in [-0.39, 0.29) is 5.91 Å². The standard InChI is InChI=1S/C12H14N4OS/c1-8-4-5-10(15-9(2)17)6-11(8)16-12(18-3)14-7-13/h4-6H,1-3H3,(H,14,16)(H,15,17). The lowest BCUT2D eigenvalue weighted by atomic mass is 10.2. The third kappa shape index (κ3) is 4.11. The molecule has 0 heterocycles. The summed E-state index contributed by atoms with van der Waals surface area (Å²) in [6.07, 6.45) is 3.66. The summed E-state index contributed by atoms with van der Waals surface area (Å²) in [7, 11) is 0. The van der Waals surface area contributed by atoms with Crippen molar-refractivity contribution in [2.24, 2.45) is 4.99 Å². The van der Waals surface area contributed by atoms with E-state index >= 15 is 0 Å². The normalized spacial score (nSPS) is 10.7. The second-order valence-corrected chi connectivity index (χ2v) is 4.34. The molecule has 1 rings (SSSR count). The maximum Gasteiger partial charge on any atom is 0.221 e. The zero-order valence-corrected chi connectivity index (χ0v) is 11.3. The Morgan fingerprint density at radius 3 is 2.78 bits per heavy atom. The maximum atomic E-state index is 11.0. The molecule has 0 saturated heterocycles. The number of aliphatic imine (C=N–C) groups is 1. The summed E-state index contributed by atoms with van der Waals surface area (Å²) in [5.74, 6) is -0.131. The zero-order chi connectivity index (χ0) is 13.5. The zero-order valence-electron chi connectivity index (χ0n) is 10.4. The average Bonchev–Trinajstić information content (AvgIpc) is 2.32. The average molecular weight is 262 g/mol. The van der Waals surface area contributed by atoms with E-state index in [1.54, 1.807) is 6.07 Å². The van der Waals surface area contributed by atoms with E-state index in [0.717, 1.165) is 5.56 Å². The van der Waals surface area contributed by atoms with Crippen molar-refractivity contribution in [3.63, 3.8) is 0 Å². The number of rotatable bonds is 2. The minimum atomic E-state index is -0.131. The first-order valence-electron chi connectivity index (χ1n) is 5.23. The van der Waals surface area contributed by atoms with Gasteiger partial charge < -0.3 is 5.32 Å². The third-order valence-corrected chi connectivity index (χ3v) is 2.69. The fourth-order valence-electron chi connectivity index (χ4n) is 1.29. The molecule has 6 heteroatoms. The highest BCUT2D eigenvalue weighted by atomic mass is 32.2. The number of amidine groups is 1. The summed E-state index contributed by atoms with van der Waals surface area (Å²) in [6, 6.07) is 5.45. The van der Waals surface area contributed by atoms with E-state index in [1.165, 1.54) is 18.7 Å². The van der Waals surface area contributed by atoms with Gasteiger partial charge in [-0.1, -0.05) is 17.8 Å². The predicted octanol–water partition coefficient (Wildman–Crippen LogP) is 2.37. The Morgan fingerprint density at radius 2 is 2.22 bits per heavy atom. The van der Waals surface area contributed by atoms with E-state index in [0.29, 0.717) is 16.5 Å². The van der Waals surface area contributed by atoms with E-state index in [4.69, 9.17) is 5.26 Å². The minimum Gasteiger partial charge on any atom is -0.326 e. The monoisotopic (exact) mass is 262 g/mol. The predicted molar refractivity (Wildman–Crippen MR) is 74.8 cm³/mol. The highest BCUT2D eigenvalue weighted by molar-refractivity contribution is 8.13. The molecule has 0 spiro atoms. The van der Waals surface area contributed by atoms with Crippen molar-refractivity contribution in [1.29, 1.82) is 5.26 Å². The van der Waals surface area contributed by atoms with Gasteiger partial charge >= 0.3 is 0 Å². The molecule has 0 bridgehead atoms.